The molecule has 0 radical (unpaired) electrons. The number of nitrogens with zero attached hydrogens (tertiary/aromatic N) is 1. The summed E-state index contributed by atoms with van der Waals surface area (Å²) in [4.78, 5) is 33.1. The number of hydrogen-bond donors (Lipinski definition) is 2. The highest BCUT2D eigenvalue weighted by atomic mass is 32.2. The number of carboxylic acid groups (broad SMARTS) is 1. The minimum Gasteiger partial charge on any atom is -0.872 e. The van der Waals surface area contributed by atoms with Gasteiger partial charge in [-0.05, 0) is 11.6 Å². The monoisotopic (exact) mass is 361 g/mol. The Hall–Kier alpha value is -3.07. The normalized spacial score (nSPS) is 10.2. The Balaban J connectivity index is 1.89. The maximum absolute atomic E-state index is 11.9. The Morgan fingerprint density at radius 1 is 1.16 bits per heavy atom. The first-order valence-corrected chi connectivity index (χ1v) is 8.17. The fraction of sp³-hybridized carbons (Fsp3) is 0.125. The van der Waals surface area contributed by atoms with Gasteiger partial charge in [-0.2, -0.15) is 0 Å². The summed E-state index contributed by atoms with van der Waals surface area (Å²) in [6, 6.07) is 9.37. The molecule has 0 spiro atoms. The zero-order chi connectivity index (χ0) is 18.4. The fourth-order valence-electron chi connectivity index (χ4n) is 1.97. The number of non-ortho nitro benzene ring substituents is 1. The fourth-order valence-corrected chi connectivity index (χ4v) is 2.76. The Labute approximate surface area is 146 Å². The van der Waals surface area contributed by atoms with Crippen molar-refractivity contribution in [3.63, 3.8) is 0 Å². The smallest absolute Gasteiger partial charge is 0.337 e. The van der Waals surface area contributed by atoms with E-state index in [0.717, 1.165) is 11.6 Å². The van der Waals surface area contributed by atoms with Crippen molar-refractivity contribution in [3.8, 4) is 5.75 Å². The predicted molar refractivity (Wildman–Crippen MR) is 90.7 cm³/mol. The Bertz CT molecular complexity index is 807. The average Bonchev–Trinajstić information content (AvgIpc) is 2.56. The van der Waals surface area contributed by atoms with E-state index in [2.05, 4.69) is 5.32 Å². The van der Waals surface area contributed by atoms with Crippen molar-refractivity contribution in [1.82, 2.24) is 0 Å². The minimum atomic E-state index is -1.30. The number of anilines is 1. The van der Waals surface area contributed by atoms with Crippen molar-refractivity contribution in [2.24, 2.45) is 0 Å². The summed E-state index contributed by atoms with van der Waals surface area (Å²) >= 11 is 1.27. The van der Waals surface area contributed by atoms with E-state index in [1.54, 1.807) is 12.1 Å². The van der Waals surface area contributed by atoms with Crippen LogP contribution in [0.3, 0.4) is 0 Å². The van der Waals surface area contributed by atoms with Crippen LogP contribution in [-0.2, 0) is 10.5 Å². The third-order valence-corrected chi connectivity index (χ3v) is 4.15. The molecule has 0 heterocycles. The van der Waals surface area contributed by atoms with Gasteiger partial charge in [-0.3, -0.25) is 14.9 Å². The van der Waals surface area contributed by atoms with Gasteiger partial charge >= 0.3 is 5.97 Å². The summed E-state index contributed by atoms with van der Waals surface area (Å²) in [5, 5.41) is 33.3. The average molecular weight is 361 g/mol. The van der Waals surface area contributed by atoms with Gasteiger partial charge in [0, 0.05) is 17.9 Å². The van der Waals surface area contributed by atoms with E-state index >= 15 is 0 Å². The lowest BCUT2D eigenvalue weighted by Gasteiger charge is -2.12. The second kappa shape index (κ2) is 8.15. The van der Waals surface area contributed by atoms with Crippen molar-refractivity contribution in [2.75, 3.05) is 11.1 Å². The van der Waals surface area contributed by atoms with Crippen LogP contribution in [0, 0.1) is 10.1 Å². The molecule has 9 heteroatoms. The van der Waals surface area contributed by atoms with Crippen LogP contribution in [0.25, 0.3) is 0 Å². The lowest BCUT2D eigenvalue weighted by atomic mass is 10.1. The number of carbonyl (C=O) groups is 2. The van der Waals surface area contributed by atoms with Crippen LogP contribution < -0.4 is 10.4 Å². The van der Waals surface area contributed by atoms with Gasteiger partial charge in [0.1, 0.15) is 0 Å². The van der Waals surface area contributed by atoms with Crippen LogP contribution in [0.4, 0.5) is 11.4 Å². The molecule has 2 aromatic carbocycles. The van der Waals surface area contributed by atoms with Gasteiger partial charge in [0.25, 0.3) is 5.69 Å². The lowest BCUT2D eigenvalue weighted by Crippen LogP contribution is -2.17. The summed E-state index contributed by atoms with van der Waals surface area (Å²) in [6.45, 7) is 0. The molecule has 2 rings (SSSR count). The number of nitro groups is 1. The molecule has 0 aliphatic heterocycles. The summed E-state index contributed by atoms with van der Waals surface area (Å²) in [7, 11) is 0. The van der Waals surface area contributed by atoms with Crippen LogP contribution in [0.2, 0.25) is 0 Å². The molecule has 0 fully saturated rings. The number of amides is 1. The number of aromatic carboxylic acids is 1. The number of carbonyl (C=O) groups excluding carboxylic acids is 1. The topological polar surface area (TPSA) is 133 Å². The molecule has 0 bridgehead atoms. The lowest BCUT2D eigenvalue weighted by molar-refractivity contribution is -0.384. The van der Waals surface area contributed by atoms with Gasteiger partial charge in [-0.25, -0.2) is 4.79 Å². The Morgan fingerprint density at radius 2 is 1.84 bits per heavy atom. The largest absolute Gasteiger partial charge is 0.872 e. The van der Waals surface area contributed by atoms with Crippen molar-refractivity contribution in [2.45, 2.75) is 5.75 Å². The van der Waals surface area contributed by atoms with E-state index in [9.17, 15) is 24.8 Å². The molecule has 0 aromatic heterocycles. The number of carboxylic acids is 1. The second-order valence-electron chi connectivity index (χ2n) is 4.98. The maximum atomic E-state index is 11.9. The SMILES string of the molecule is O=C(CSCc1ccc([N+](=O)[O-])cc1)Nc1ccc([O-])cc1C(=O)O. The van der Waals surface area contributed by atoms with Gasteiger partial charge in [-0.1, -0.05) is 24.3 Å². The molecule has 0 aliphatic rings. The molecule has 0 saturated heterocycles. The van der Waals surface area contributed by atoms with Gasteiger partial charge in [0.15, 0.2) is 0 Å². The number of rotatable bonds is 7. The second-order valence-corrected chi connectivity index (χ2v) is 5.96. The van der Waals surface area contributed by atoms with E-state index in [1.165, 1.54) is 36.0 Å². The van der Waals surface area contributed by atoms with Crippen LogP contribution in [0.15, 0.2) is 42.5 Å². The van der Waals surface area contributed by atoms with E-state index in [-0.39, 0.29) is 22.7 Å². The first-order valence-electron chi connectivity index (χ1n) is 7.02. The molecule has 2 N–H and O–H groups in total. The third-order valence-electron chi connectivity index (χ3n) is 3.14. The zero-order valence-electron chi connectivity index (χ0n) is 12.8. The van der Waals surface area contributed by atoms with Crippen molar-refractivity contribution >= 4 is 35.0 Å². The summed E-state index contributed by atoms with van der Waals surface area (Å²) in [6.07, 6.45) is 0. The predicted octanol–water partition coefficient (Wildman–Crippen LogP) is 2.24. The summed E-state index contributed by atoms with van der Waals surface area (Å²) in [5.41, 5.74) is 0.620. The van der Waals surface area contributed by atoms with Gasteiger partial charge in [-0.15, -0.1) is 17.5 Å². The number of nitro benzene ring substituents is 1. The van der Waals surface area contributed by atoms with E-state index in [0.29, 0.717) is 5.75 Å². The number of nitrogens with one attached hydrogen (secondary N) is 1. The van der Waals surface area contributed by atoms with Gasteiger partial charge in [0.2, 0.25) is 5.91 Å². The number of benzene rings is 2. The molecule has 0 saturated carbocycles. The molecule has 0 atom stereocenters. The molecule has 0 aliphatic carbocycles. The van der Waals surface area contributed by atoms with Crippen molar-refractivity contribution in [1.29, 1.82) is 0 Å². The highest BCUT2D eigenvalue weighted by Gasteiger charge is 2.12. The molecule has 8 nitrogen and oxygen atoms in total. The van der Waals surface area contributed by atoms with E-state index in [1.807, 2.05) is 0 Å². The summed E-state index contributed by atoms with van der Waals surface area (Å²) < 4.78 is 0. The molecule has 1 amide bonds. The third kappa shape index (κ3) is 5.21. The van der Waals surface area contributed by atoms with Gasteiger partial charge < -0.3 is 15.5 Å². The van der Waals surface area contributed by atoms with Crippen molar-refractivity contribution in [3.05, 3.63) is 63.7 Å². The van der Waals surface area contributed by atoms with Crippen molar-refractivity contribution < 1.29 is 24.7 Å². The standard InChI is InChI=1S/C16H14N2O6S/c19-12-5-6-14(13(7-12)16(21)22)17-15(20)9-25-8-10-1-3-11(4-2-10)18(23)24/h1-7,19H,8-9H2,(H,17,20)(H,21,22)/p-1. The van der Waals surface area contributed by atoms with Crippen LogP contribution in [-0.4, -0.2) is 27.7 Å². The Morgan fingerprint density at radius 3 is 2.44 bits per heavy atom. The molecular weight excluding hydrogens is 348 g/mol. The van der Waals surface area contributed by atoms with Crippen LogP contribution >= 0.6 is 11.8 Å². The van der Waals surface area contributed by atoms with Crippen LogP contribution in [0.1, 0.15) is 15.9 Å². The molecule has 2 aromatic rings. The van der Waals surface area contributed by atoms with E-state index in [4.69, 9.17) is 5.11 Å². The summed E-state index contributed by atoms with van der Waals surface area (Å²) in [5.74, 6) is -1.63. The first-order chi connectivity index (χ1) is 11.9. The molecule has 0 unspecified atom stereocenters. The molecular formula is C16H13N2O6S-. The quantitative estimate of drug-likeness (QED) is 0.571. The molecule has 130 valence electrons. The minimum absolute atomic E-state index is 0.00508. The highest BCUT2D eigenvalue weighted by Crippen LogP contribution is 2.21. The van der Waals surface area contributed by atoms with E-state index < -0.39 is 22.5 Å². The highest BCUT2D eigenvalue weighted by molar-refractivity contribution is 7.99. The maximum Gasteiger partial charge on any atom is 0.337 e. The number of thioether (sulfide) groups is 1. The van der Waals surface area contributed by atoms with Gasteiger partial charge in [0.05, 0.1) is 21.9 Å². The number of hydrogen-bond acceptors (Lipinski definition) is 6. The zero-order valence-corrected chi connectivity index (χ0v) is 13.6. The van der Waals surface area contributed by atoms with Crippen LogP contribution in [0.5, 0.6) is 5.75 Å². The first kappa shape index (κ1) is 18.3. The Kier molecular flexibility index (Phi) is 5.96. The molecule has 25 heavy (non-hydrogen) atoms.